The van der Waals surface area contributed by atoms with Crippen molar-refractivity contribution in [2.75, 3.05) is 25.4 Å². The van der Waals surface area contributed by atoms with E-state index in [2.05, 4.69) is 15.5 Å². The monoisotopic (exact) mass is 328 g/mol. The van der Waals surface area contributed by atoms with E-state index in [1.807, 2.05) is 0 Å². The van der Waals surface area contributed by atoms with E-state index >= 15 is 0 Å². The Bertz CT molecular complexity index is 587. The fraction of sp³-hybridized carbons (Fsp3) is 0.857. The Balaban J connectivity index is 1.61. The van der Waals surface area contributed by atoms with Crippen molar-refractivity contribution in [1.29, 1.82) is 0 Å². The van der Waals surface area contributed by atoms with Crippen LogP contribution in [0.5, 0.6) is 0 Å². The maximum atomic E-state index is 11.9. The Labute approximate surface area is 131 Å². The fourth-order valence-corrected chi connectivity index (χ4v) is 4.31. The van der Waals surface area contributed by atoms with Gasteiger partial charge in [0.2, 0.25) is 21.8 Å². The van der Waals surface area contributed by atoms with Crippen LogP contribution in [0.3, 0.4) is 0 Å². The van der Waals surface area contributed by atoms with Gasteiger partial charge in [-0.15, -0.1) is 10.2 Å². The molecule has 0 saturated carbocycles. The quantitative estimate of drug-likeness (QED) is 0.899. The highest BCUT2D eigenvalue weighted by atomic mass is 32.2. The summed E-state index contributed by atoms with van der Waals surface area (Å²) < 4.78 is 31.2. The van der Waals surface area contributed by atoms with Crippen molar-refractivity contribution < 1.29 is 12.8 Å². The molecule has 1 atom stereocenters. The summed E-state index contributed by atoms with van der Waals surface area (Å²) >= 11 is 0. The molecule has 0 spiro atoms. The van der Waals surface area contributed by atoms with Crippen LogP contribution in [0.25, 0.3) is 0 Å². The van der Waals surface area contributed by atoms with E-state index < -0.39 is 10.0 Å². The fourth-order valence-electron chi connectivity index (χ4n) is 3.18. The molecule has 1 aromatic heterocycles. The Morgan fingerprint density at radius 1 is 1.18 bits per heavy atom. The van der Waals surface area contributed by atoms with Crippen molar-refractivity contribution in [3.05, 3.63) is 11.8 Å². The van der Waals surface area contributed by atoms with Gasteiger partial charge >= 0.3 is 0 Å². The van der Waals surface area contributed by atoms with Crippen LogP contribution < -0.4 is 5.32 Å². The molecule has 0 unspecified atom stereocenters. The summed E-state index contributed by atoms with van der Waals surface area (Å²) in [6.07, 6.45) is 4.91. The molecule has 1 aromatic rings. The molecular formula is C14H24N4O3S. The van der Waals surface area contributed by atoms with Gasteiger partial charge in [0.15, 0.2) is 0 Å². The number of hydrogen-bond acceptors (Lipinski definition) is 6. The minimum atomic E-state index is -3.08. The number of sulfonamides is 1. The summed E-state index contributed by atoms with van der Waals surface area (Å²) in [5.41, 5.74) is 0. The first-order valence-electron chi connectivity index (χ1n) is 8.14. The number of hydrogen-bond donors (Lipinski definition) is 1. The molecule has 2 aliphatic heterocycles. The van der Waals surface area contributed by atoms with E-state index in [4.69, 9.17) is 4.42 Å². The van der Waals surface area contributed by atoms with Gasteiger partial charge in [0.05, 0.1) is 11.8 Å². The lowest BCUT2D eigenvalue weighted by Gasteiger charge is -2.29. The minimum absolute atomic E-state index is 0.162. The van der Waals surface area contributed by atoms with E-state index in [9.17, 15) is 8.42 Å². The zero-order valence-electron chi connectivity index (χ0n) is 13.0. The van der Waals surface area contributed by atoms with Gasteiger partial charge in [-0.25, -0.2) is 12.7 Å². The van der Waals surface area contributed by atoms with Gasteiger partial charge in [0.25, 0.3) is 0 Å². The van der Waals surface area contributed by atoms with Crippen LogP contribution in [0.15, 0.2) is 4.42 Å². The maximum absolute atomic E-state index is 11.9. The predicted octanol–water partition coefficient (Wildman–Crippen LogP) is 1.41. The number of piperidine rings is 2. The molecule has 1 N–H and O–H groups in total. The van der Waals surface area contributed by atoms with E-state index in [0.717, 1.165) is 25.8 Å². The van der Waals surface area contributed by atoms with E-state index in [-0.39, 0.29) is 17.7 Å². The van der Waals surface area contributed by atoms with Crippen molar-refractivity contribution in [2.45, 2.75) is 51.0 Å². The third-order valence-corrected chi connectivity index (χ3v) is 6.51. The van der Waals surface area contributed by atoms with Gasteiger partial charge in [-0.2, -0.15) is 0 Å². The minimum Gasteiger partial charge on any atom is -0.423 e. The second-order valence-corrected chi connectivity index (χ2v) is 8.31. The van der Waals surface area contributed by atoms with Crippen LogP contribution in [0.2, 0.25) is 0 Å². The standard InChI is InChI=1S/C14H24N4O3S/c1-2-22(19,20)18-9-6-11(7-10-18)13-16-17-14(21-13)12-5-3-4-8-15-12/h11-12,15H,2-10H2,1H3/t12-/m0/s1. The van der Waals surface area contributed by atoms with Crippen LogP contribution in [0.1, 0.15) is 62.8 Å². The highest BCUT2D eigenvalue weighted by Gasteiger charge is 2.31. The lowest BCUT2D eigenvalue weighted by molar-refractivity contribution is 0.274. The van der Waals surface area contributed by atoms with Crippen molar-refractivity contribution in [2.24, 2.45) is 0 Å². The van der Waals surface area contributed by atoms with E-state index in [1.165, 1.54) is 12.8 Å². The molecule has 2 aliphatic rings. The molecular weight excluding hydrogens is 304 g/mol. The number of rotatable bonds is 4. The molecule has 0 bridgehead atoms. The Kier molecular flexibility index (Phi) is 4.79. The van der Waals surface area contributed by atoms with Crippen LogP contribution >= 0.6 is 0 Å². The SMILES string of the molecule is CCS(=O)(=O)N1CCC(c2nnc([C@@H]3CCCCN3)o2)CC1. The number of aromatic nitrogens is 2. The van der Waals surface area contributed by atoms with Gasteiger partial charge in [-0.3, -0.25) is 0 Å². The number of nitrogens with zero attached hydrogens (tertiary/aromatic N) is 3. The Morgan fingerprint density at radius 2 is 1.91 bits per heavy atom. The predicted molar refractivity (Wildman–Crippen MR) is 81.9 cm³/mol. The summed E-state index contributed by atoms with van der Waals surface area (Å²) in [7, 11) is -3.08. The topological polar surface area (TPSA) is 88.3 Å². The summed E-state index contributed by atoms with van der Waals surface area (Å²) in [6, 6.07) is 0.176. The molecule has 2 fully saturated rings. The molecule has 0 aliphatic carbocycles. The number of nitrogens with one attached hydrogen (secondary N) is 1. The zero-order valence-corrected chi connectivity index (χ0v) is 13.8. The summed E-state index contributed by atoms with van der Waals surface area (Å²) in [5.74, 6) is 1.68. The third kappa shape index (κ3) is 3.33. The van der Waals surface area contributed by atoms with Gasteiger partial charge in [-0.1, -0.05) is 6.42 Å². The first-order valence-corrected chi connectivity index (χ1v) is 9.75. The molecule has 3 rings (SSSR count). The van der Waals surface area contributed by atoms with Crippen LogP contribution in [0, 0.1) is 0 Å². The second kappa shape index (κ2) is 6.64. The molecule has 7 nitrogen and oxygen atoms in total. The average molecular weight is 328 g/mol. The van der Waals surface area contributed by atoms with Crippen molar-refractivity contribution in [1.82, 2.24) is 19.8 Å². The van der Waals surface area contributed by atoms with E-state index in [1.54, 1.807) is 11.2 Å². The molecule has 22 heavy (non-hydrogen) atoms. The molecule has 0 aromatic carbocycles. The van der Waals surface area contributed by atoms with Crippen LogP contribution in [0.4, 0.5) is 0 Å². The smallest absolute Gasteiger partial charge is 0.233 e. The lowest BCUT2D eigenvalue weighted by atomic mass is 9.98. The average Bonchev–Trinajstić information content (AvgIpc) is 3.06. The van der Waals surface area contributed by atoms with Gasteiger partial charge in [0, 0.05) is 19.0 Å². The molecule has 124 valence electrons. The summed E-state index contributed by atoms with van der Waals surface area (Å²) in [4.78, 5) is 0. The summed E-state index contributed by atoms with van der Waals surface area (Å²) in [5, 5.41) is 11.8. The van der Waals surface area contributed by atoms with E-state index in [0.29, 0.717) is 24.9 Å². The highest BCUT2D eigenvalue weighted by Crippen LogP contribution is 2.30. The molecule has 3 heterocycles. The molecule has 0 amide bonds. The van der Waals surface area contributed by atoms with Crippen LogP contribution in [-0.4, -0.2) is 48.3 Å². The first kappa shape index (κ1) is 15.9. The Morgan fingerprint density at radius 3 is 2.55 bits per heavy atom. The molecule has 8 heteroatoms. The second-order valence-electron chi connectivity index (χ2n) is 6.05. The van der Waals surface area contributed by atoms with Gasteiger partial charge < -0.3 is 9.73 Å². The largest absolute Gasteiger partial charge is 0.423 e. The van der Waals surface area contributed by atoms with Crippen molar-refractivity contribution >= 4 is 10.0 Å². The first-order chi connectivity index (χ1) is 10.6. The van der Waals surface area contributed by atoms with Crippen LogP contribution in [-0.2, 0) is 10.0 Å². The Hall–Kier alpha value is -0.990. The highest BCUT2D eigenvalue weighted by molar-refractivity contribution is 7.89. The molecule has 2 saturated heterocycles. The maximum Gasteiger partial charge on any atom is 0.233 e. The van der Waals surface area contributed by atoms with Crippen molar-refractivity contribution in [3.8, 4) is 0 Å². The van der Waals surface area contributed by atoms with Gasteiger partial charge in [0.1, 0.15) is 0 Å². The normalized spacial score (nSPS) is 25.4. The summed E-state index contributed by atoms with van der Waals surface area (Å²) in [6.45, 7) is 3.76. The third-order valence-electron chi connectivity index (χ3n) is 4.63. The van der Waals surface area contributed by atoms with Crippen molar-refractivity contribution in [3.63, 3.8) is 0 Å². The lowest BCUT2D eigenvalue weighted by Crippen LogP contribution is -2.38. The molecule has 0 radical (unpaired) electrons. The van der Waals surface area contributed by atoms with Gasteiger partial charge in [-0.05, 0) is 39.2 Å². The zero-order chi connectivity index (χ0) is 15.6.